The van der Waals surface area contributed by atoms with Crippen LogP contribution in [-0.2, 0) is 32.6 Å². The number of amides is 2. The van der Waals surface area contributed by atoms with E-state index in [2.05, 4.69) is 5.32 Å². The summed E-state index contributed by atoms with van der Waals surface area (Å²) in [5.41, 5.74) is 4.05. The Morgan fingerprint density at radius 1 is 0.826 bits per heavy atom. The number of nitrogens with zero attached hydrogens (tertiary/aromatic N) is 2. The quantitative estimate of drug-likeness (QED) is 0.188. The predicted molar refractivity (Wildman–Crippen MR) is 185 cm³/mol. The van der Waals surface area contributed by atoms with Gasteiger partial charge in [-0.25, -0.2) is 8.42 Å². The smallest absolute Gasteiger partial charge is 0.264 e. The number of benzene rings is 4. The fraction of sp³-hybridized carbons (Fsp3) is 0.297. The largest absolute Gasteiger partial charge is 0.350 e. The first-order chi connectivity index (χ1) is 21.7. The van der Waals surface area contributed by atoms with Gasteiger partial charge in [0, 0.05) is 23.5 Å². The molecule has 0 aromatic heterocycles. The maximum Gasteiger partial charge on any atom is 0.264 e. The highest BCUT2D eigenvalue weighted by molar-refractivity contribution is 7.92. The molecule has 0 unspecified atom stereocenters. The van der Waals surface area contributed by atoms with Gasteiger partial charge in [-0.3, -0.25) is 13.9 Å². The van der Waals surface area contributed by atoms with Crippen LogP contribution in [0.3, 0.4) is 0 Å². The molecule has 0 saturated carbocycles. The van der Waals surface area contributed by atoms with Gasteiger partial charge in [0.25, 0.3) is 10.0 Å². The van der Waals surface area contributed by atoms with Crippen molar-refractivity contribution in [2.24, 2.45) is 0 Å². The molecule has 2 amide bonds. The Morgan fingerprint density at radius 3 is 2.07 bits per heavy atom. The van der Waals surface area contributed by atoms with Crippen LogP contribution in [0, 0.1) is 20.8 Å². The van der Waals surface area contributed by atoms with E-state index in [-0.39, 0.29) is 23.8 Å². The fourth-order valence-electron chi connectivity index (χ4n) is 5.06. The average Bonchev–Trinajstić information content (AvgIpc) is 2.99. The van der Waals surface area contributed by atoms with Crippen LogP contribution in [0.15, 0.2) is 102 Å². The van der Waals surface area contributed by atoms with Crippen LogP contribution in [0.25, 0.3) is 0 Å². The number of halogens is 1. The summed E-state index contributed by atoms with van der Waals surface area (Å²) in [6.07, 6.45) is 0.216. The third-order valence-electron chi connectivity index (χ3n) is 7.73. The van der Waals surface area contributed by atoms with E-state index in [0.717, 1.165) is 26.6 Å². The zero-order chi connectivity index (χ0) is 33.6. The normalized spacial score (nSPS) is 12.3. The zero-order valence-corrected chi connectivity index (χ0v) is 28.8. The number of hydrogen-bond donors (Lipinski definition) is 1. The number of carbonyl (C=O) groups excluding carboxylic acids is 2. The standard InChI is InChI=1S/C37H42ClN3O4S/c1-26-16-20-32(21-17-26)46(44,45)41(31-19-18-27(2)28(3)22-31)25-35(42)40(24-30-14-10-11-15-33(30)38)34(36(43)39-37(4,5)6)23-29-12-8-7-9-13-29/h7-22,34H,23-25H2,1-6H3,(H,39,43)/t34-/m1/s1. The van der Waals surface area contributed by atoms with Gasteiger partial charge >= 0.3 is 0 Å². The van der Waals surface area contributed by atoms with Gasteiger partial charge in [0.05, 0.1) is 10.6 Å². The van der Waals surface area contributed by atoms with Crippen LogP contribution in [0.2, 0.25) is 5.02 Å². The van der Waals surface area contributed by atoms with Gasteiger partial charge in [0.15, 0.2) is 0 Å². The molecule has 0 bridgehead atoms. The number of hydrogen-bond acceptors (Lipinski definition) is 4. The van der Waals surface area contributed by atoms with E-state index in [1.807, 2.05) is 84.0 Å². The first-order valence-electron chi connectivity index (χ1n) is 15.2. The van der Waals surface area contributed by atoms with Crippen molar-refractivity contribution in [1.29, 1.82) is 0 Å². The SMILES string of the molecule is Cc1ccc(S(=O)(=O)N(CC(=O)N(Cc2ccccc2Cl)[C@H](Cc2ccccc2)C(=O)NC(C)(C)C)c2ccc(C)c(C)c2)cc1. The van der Waals surface area contributed by atoms with Gasteiger partial charge in [0.1, 0.15) is 12.6 Å². The molecule has 1 atom stereocenters. The van der Waals surface area contributed by atoms with E-state index < -0.39 is 34.1 Å². The van der Waals surface area contributed by atoms with Crippen LogP contribution in [-0.4, -0.2) is 43.3 Å². The highest BCUT2D eigenvalue weighted by atomic mass is 35.5. The van der Waals surface area contributed by atoms with Crippen molar-refractivity contribution in [2.45, 2.75) is 71.0 Å². The van der Waals surface area contributed by atoms with E-state index in [1.54, 1.807) is 54.6 Å². The maximum atomic E-state index is 14.6. The summed E-state index contributed by atoms with van der Waals surface area (Å²) in [4.78, 5) is 30.1. The minimum Gasteiger partial charge on any atom is -0.350 e. The molecule has 0 aliphatic rings. The van der Waals surface area contributed by atoms with Gasteiger partial charge in [-0.15, -0.1) is 0 Å². The molecule has 1 N–H and O–H groups in total. The van der Waals surface area contributed by atoms with Crippen molar-refractivity contribution in [3.8, 4) is 0 Å². The molecule has 4 aromatic carbocycles. The highest BCUT2D eigenvalue weighted by Gasteiger charge is 2.36. The maximum absolute atomic E-state index is 14.6. The molecule has 0 fully saturated rings. The van der Waals surface area contributed by atoms with Crippen LogP contribution >= 0.6 is 11.6 Å². The fourth-order valence-corrected chi connectivity index (χ4v) is 6.67. The summed E-state index contributed by atoms with van der Waals surface area (Å²) in [5.74, 6) is -0.894. The molecule has 9 heteroatoms. The summed E-state index contributed by atoms with van der Waals surface area (Å²) in [7, 11) is -4.18. The third kappa shape index (κ3) is 8.77. The lowest BCUT2D eigenvalue weighted by Crippen LogP contribution is -2.56. The lowest BCUT2D eigenvalue weighted by atomic mass is 10.0. The van der Waals surface area contributed by atoms with Crippen LogP contribution in [0.4, 0.5) is 5.69 Å². The molecule has 46 heavy (non-hydrogen) atoms. The summed E-state index contributed by atoms with van der Waals surface area (Å²) < 4.78 is 29.6. The minimum absolute atomic E-state index is 0.00108. The highest BCUT2D eigenvalue weighted by Crippen LogP contribution is 2.28. The molecule has 7 nitrogen and oxygen atoms in total. The van der Waals surface area contributed by atoms with Crippen molar-refractivity contribution in [1.82, 2.24) is 10.2 Å². The van der Waals surface area contributed by atoms with Crippen molar-refractivity contribution in [3.05, 3.63) is 130 Å². The van der Waals surface area contributed by atoms with Gasteiger partial charge < -0.3 is 10.2 Å². The number of rotatable bonds is 11. The molecule has 0 saturated heterocycles. The monoisotopic (exact) mass is 659 g/mol. The van der Waals surface area contributed by atoms with Crippen LogP contribution < -0.4 is 9.62 Å². The number of aryl methyl sites for hydroxylation is 3. The van der Waals surface area contributed by atoms with Crippen LogP contribution in [0.1, 0.15) is 48.6 Å². The summed E-state index contributed by atoms with van der Waals surface area (Å²) in [6.45, 7) is 10.8. The topological polar surface area (TPSA) is 86.8 Å². The molecule has 0 aliphatic heterocycles. The van der Waals surface area contributed by atoms with E-state index in [9.17, 15) is 18.0 Å². The van der Waals surface area contributed by atoms with E-state index >= 15 is 0 Å². The summed E-state index contributed by atoms with van der Waals surface area (Å²) >= 11 is 6.58. The Balaban J connectivity index is 1.84. The molecule has 242 valence electrons. The predicted octanol–water partition coefficient (Wildman–Crippen LogP) is 7.02. The average molecular weight is 660 g/mol. The molecule has 4 rings (SSSR count). The minimum atomic E-state index is -4.18. The lowest BCUT2D eigenvalue weighted by Gasteiger charge is -2.35. The second-order valence-electron chi connectivity index (χ2n) is 12.7. The number of sulfonamides is 1. The zero-order valence-electron chi connectivity index (χ0n) is 27.2. The van der Waals surface area contributed by atoms with Gasteiger partial charge in [0.2, 0.25) is 11.8 Å². The van der Waals surface area contributed by atoms with Crippen molar-refractivity contribution in [2.75, 3.05) is 10.8 Å². The first-order valence-corrected chi connectivity index (χ1v) is 17.0. The second-order valence-corrected chi connectivity index (χ2v) is 14.9. The summed E-state index contributed by atoms with van der Waals surface area (Å²) in [6, 6.07) is 27.5. The molecule has 0 aliphatic carbocycles. The van der Waals surface area contributed by atoms with E-state index in [0.29, 0.717) is 16.3 Å². The Morgan fingerprint density at radius 2 is 1.46 bits per heavy atom. The van der Waals surface area contributed by atoms with Gasteiger partial charge in [-0.2, -0.15) is 0 Å². The second kappa shape index (κ2) is 14.5. The Labute approximate surface area is 278 Å². The molecular weight excluding hydrogens is 618 g/mol. The molecule has 0 radical (unpaired) electrons. The molecular formula is C37H42ClN3O4S. The van der Waals surface area contributed by atoms with E-state index in [1.165, 1.54) is 4.90 Å². The first kappa shape index (κ1) is 34.7. The van der Waals surface area contributed by atoms with E-state index in [4.69, 9.17) is 11.6 Å². The molecule has 0 spiro atoms. The summed E-state index contributed by atoms with van der Waals surface area (Å²) in [5, 5.41) is 3.48. The van der Waals surface area contributed by atoms with Crippen molar-refractivity contribution in [3.63, 3.8) is 0 Å². The Bertz CT molecular complexity index is 1790. The van der Waals surface area contributed by atoms with Gasteiger partial charge in [-0.05, 0) is 94.1 Å². The number of anilines is 1. The van der Waals surface area contributed by atoms with Crippen molar-refractivity contribution < 1.29 is 18.0 Å². The van der Waals surface area contributed by atoms with Crippen LogP contribution in [0.5, 0.6) is 0 Å². The lowest BCUT2D eigenvalue weighted by molar-refractivity contribution is -0.140. The molecule has 4 aromatic rings. The number of nitrogens with one attached hydrogen (secondary N) is 1. The Kier molecular flexibility index (Phi) is 11.0. The van der Waals surface area contributed by atoms with Gasteiger partial charge in [-0.1, -0.05) is 83.9 Å². The third-order valence-corrected chi connectivity index (χ3v) is 9.89. The van der Waals surface area contributed by atoms with Crippen molar-refractivity contribution >= 4 is 39.1 Å². The molecule has 0 heterocycles. The Hall–Kier alpha value is -4.14. The number of carbonyl (C=O) groups is 2.